The topological polar surface area (TPSA) is 72.7 Å². The van der Waals surface area contributed by atoms with Crippen LogP contribution in [0, 0.1) is 6.92 Å². The van der Waals surface area contributed by atoms with Crippen LogP contribution in [0.25, 0.3) is 0 Å². The van der Waals surface area contributed by atoms with Gasteiger partial charge < -0.3 is 5.32 Å². The number of carbonyl (C=O) groups excluding carboxylic acids is 1. The molecule has 0 unspecified atom stereocenters. The van der Waals surface area contributed by atoms with Crippen molar-refractivity contribution in [1.29, 1.82) is 0 Å². The number of nitrogens with zero attached hydrogens (tertiary/aromatic N) is 4. The minimum Gasteiger partial charge on any atom is -0.346 e. The average Bonchev–Trinajstić information content (AvgIpc) is 3.07. The fourth-order valence-corrected chi connectivity index (χ4v) is 2.18. The van der Waals surface area contributed by atoms with Crippen LogP contribution in [0.2, 0.25) is 0 Å². The SMILES string of the molecule is Cc1cnc(CNC(=O)c2cccc(Cn3cccn3)c2)cn1. The maximum absolute atomic E-state index is 12.3. The van der Waals surface area contributed by atoms with Crippen LogP contribution in [-0.2, 0) is 13.1 Å². The molecule has 0 aliphatic rings. The summed E-state index contributed by atoms with van der Waals surface area (Å²) < 4.78 is 1.82. The Kier molecular flexibility index (Phi) is 4.42. The number of hydrogen-bond acceptors (Lipinski definition) is 4. The van der Waals surface area contributed by atoms with E-state index < -0.39 is 0 Å². The molecule has 1 N–H and O–H groups in total. The van der Waals surface area contributed by atoms with Crippen molar-refractivity contribution in [3.63, 3.8) is 0 Å². The van der Waals surface area contributed by atoms with Crippen molar-refractivity contribution in [3.8, 4) is 0 Å². The lowest BCUT2D eigenvalue weighted by molar-refractivity contribution is 0.0950. The molecule has 3 rings (SSSR count). The van der Waals surface area contributed by atoms with Crippen LogP contribution >= 0.6 is 0 Å². The molecule has 1 aromatic carbocycles. The van der Waals surface area contributed by atoms with Crippen molar-refractivity contribution in [3.05, 3.63) is 77.6 Å². The number of benzene rings is 1. The average molecular weight is 307 g/mol. The summed E-state index contributed by atoms with van der Waals surface area (Å²) in [7, 11) is 0. The minimum absolute atomic E-state index is 0.130. The number of aryl methyl sites for hydroxylation is 1. The van der Waals surface area contributed by atoms with E-state index in [9.17, 15) is 4.79 Å². The summed E-state index contributed by atoms with van der Waals surface area (Å²) in [5.74, 6) is -0.130. The van der Waals surface area contributed by atoms with Crippen LogP contribution in [0.1, 0.15) is 27.3 Å². The molecule has 0 saturated heterocycles. The number of aromatic nitrogens is 4. The summed E-state index contributed by atoms with van der Waals surface area (Å²) in [5.41, 5.74) is 3.23. The number of amides is 1. The molecule has 0 atom stereocenters. The molecular weight excluding hydrogens is 290 g/mol. The second-order valence-electron chi connectivity index (χ2n) is 5.24. The van der Waals surface area contributed by atoms with Gasteiger partial charge in [0, 0.05) is 24.2 Å². The molecule has 116 valence electrons. The third-order valence-corrected chi connectivity index (χ3v) is 3.36. The highest BCUT2D eigenvalue weighted by atomic mass is 16.1. The predicted molar refractivity (Wildman–Crippen MR) is 85.7 cm³/mol. The summed E-state index contributed by atoms with van der Waals surface area (Å²) in [6.07, 6.45) is 6.98. The van der Waals surface area contributed by atoms with Gasteiger partial charge >= 0.3 is 0 Å². The minimum atomic E-state index is -0.130. The van der Waals surface area contributed by atoms with E-state index in [0.717, 1.165) is 17.0 Å². The van der Waals surface area contributed by atoms with Gasteiger partial charge in [0.25, 0.3) is 5.91 Å². The van der Waals surface area contributed by atoms with Gasteiger partial charge in [0.1, 0.15) is 0 Å². The van der Waals surface area contributed by atoms with Crippen molar-refractivity contribution < 1.29 is 4.79 Å². The molecule has 0 aliphatic carbocycles. The Hall–Kier alpha value is -3.02. The molecule has 2 aromatic heterocycles. The van der Waals surface area contributed by atoms with Gasteiger partial charge in [0.05, 0.1) is 30.7 Å². The van der Waals surface area contributed by atoms with E-state index in [4.69, 9.17) is 0 Å². The Balaban J connectivity index is 1.63. The maximum Gasteiger partial charge on any atom is 0.251 e. The van der Waals surface area contributed by atoms with Crippen LogP contribution in [0.3, 0.4) is 0 Å². The van der Waals surface area contributed by atoms with E-state index in [1.54, 1.807) is 24.7 Å². The van der Waals surface area contributed by atoms with E-state index in [-0.39, 0.29) is 5.91 Å². The zero-order valence-corrected chi connectivity index (χ0v) is 12.8. The number of carbonyl (C=O) groups is 1. The van der Waals surface area contributed by atoms with Crippen LogP contribution in [-0.4, -0.2) is 25.7 Å². The van der Waals surface area contributed by atoms with Crippen molar-refractivity contribution in [2.24, 2.45) is 0 Å². The van der Waals surface area contributed by atoms with Crippen molar-refractivity contribution in [1.82, 2.24) is 25.1 Å². The zero-order valence-electron chi connectivity index (χ0n) is 12.8. The van der Waals surface area contributed by atoms with Gasteiger partial charge in [-0.05, 0) is 30.7 Å². The third-order valence-electron chi connectivity index (χ3n) is 3.36. The Morgan fingerprint density at radius 2 is 2.13 bits per heavy atom. The number of rotatable bonds is 5. The van der Waals surface area contributed by atoms with Crippen molar-refractivity contribution >= 4 is 5.91 Å². The smallest absolute Gasteiger partial charge is 0.251 e. The largest absolute Gasteiger partial charge is 0.346 e. The van der Waals surface area contributed by atoms with Crippen LogP contribution < -0.4 is 5.32 Å². The molecule has 0 radical (unpaired) electrons. The lowest BCUT2D eigenvalue weighted by Gasteiger charge is -2.07. The van der Waals surface area contributed by atoms with Crippen molar-refractivity contribution in [2.75, 3.05) is 0 Å². The second-order valence-corrected chi connectivity index (χ2v) is 5.24. The molecule has 2 heterocycles. The second kappa shape index (κ2) is 6.83. The quantitative estimate of drug-likeness (QED) is 0.782. The van der Waals surface area contributed by atoms with Gasteiger partial charge in [0.2, 0.25) is 0 Å². The first-order valence-corrected chi connectivity index (χ1v) is 7.33. The van der Waals surface area contributed by atoms with Gasteiger partial charge in [-0.2, -0.15) is 5.10 Å². The highest BCUT2D eigenvalue weighted by Crippen LogP contribution is 2.07. The van der Waals surface area contributed by atoms with E-state index in [1.165, 1.54) is 0 Å². The summed E-state index contributed by atoms with van der Waals surface area (Å²) >= 11 is 0. The monoisotopic (exact) mass is 307 g/mol. The molecule has 1 amide bonds. The molecular formula is C17H17N5O. The lowest BCUT2D eigenvalue weighted by atomic mass is 10.1. The standard InChI is InChI=1S/C17H17N5O/c1-13-9-19-16(10-18-13)11-20-17(23)15-5-2-4-14(8-15)12-22-7-3-6-21-22/h2-10H,11-12H2,1H3,(H,20,23). The molecule has 0 fully saturated rings. The summed E-state index contributed by atoms with van der Waals surface area (Å²) in [6.45, 7) is 2.87. The first-order chi connectivity index (χ1) is 11.2. The predicted octanol–water partition coefficient (Wildman–Crippen LogP) is 1.96. The Labute approximate surface area is 134 Å². The summed E-state index contributed by atoms with van der Waals surface area (Å²) in [5, 5.41) is 7.03. The van der Waals surface area contributed by atoms with Crippen LogP contribution in [0.5, 0.6) is 0 Å². The van der Waals surface area contributed by atoms with Crippen LogP contribution in [0.15, 0.2) is 55.1 Å². The molecule has 6 heteroatoms. The first kappa shape index (κ1) is 14.9. The molecule has 0 spiro atoms. The molecule has 0 saturated carbocycles. The Morgan fingerprint density at radius 1 is 1.22 bits per heavy atom. The Morgan fingerprint density at radius 3 is 2.87 bits per heavy atom. The van der Waals surface area contributed by atoms with Crippen molar-refractivity contribution in [2.45, 2.75) is 20.0 Å². The molecule has 3 aromatic rings. The summed E-state index contributed by atoms with van der Waals surface area (Å²) in [4.78, 5) is 20.6. The van der Waals surface area contributed by atoms with Gasteiger partial charge in [-0.25, -0.2) is 0 Å². The Bertz CT molecular complexity index is 781. The van der Waals surface area contributed by atoms with E-state index in [2.05, 4.69) is 20.4 Å². The maximum atomic E-state index is 12.3. The van der Waals surface area contributed by atoms with Crippen LogP contribution in [0.4, 0.5) is 0 Å². The summed E-state index contributed by atoms with van der Waals surface area (Å²) in [6, 6.07) is 9.39. The number of nitrogens with one attached hydrogen (secondary N) is 1. The van der Waals surface area contributed by atoms with E-state index >= 15 is 0 Å². The lowest BCUT2D eigenvalue weighted by Crippen LogP contribution is -2.23. The zero-order chi connectivity index (χ0) is 16.1. The highest BCUT2D eigenvalue weighted by molar-refractivity contribution is 5.94. The van der Waals surface area contributed by atoms with Gasteiger partial charge in [-0.3, -0.25) is 19.4 Å². The molecule has 23 heavy (non-hydrogen) atoms. The van der Waals surface area contributed by atoms with Gasteiger partial charge in [-0.1, -0.05) is 12.1 Å². The van der Waals surface area contributed by atoms with E-state index in [0.29, 0.717) is 18.7 Å². The fraction of sp³-hybridized carbons (Fsp3) is 0.176. The first-order valence-electron chi connectivity index (χ1n) is 7.33. The van der Waals surface area contributed by atoms with Gasteiger partial charge in [0.15, 0.2) is 0 Å². The van der Waals surface area contributed by atoms with Gasteiger partial charge in [-0.15, -0.1) is 0 Å². The fourth-order valence-electron chi connectivity index (χ4n) is 2.18. The molecule has 6 nitrogen and oxygen atoms in total. The normalized spacial score (nSPS) is 10.5. The number of hydrogen-bond donors (Lipinski definition) is 1. The molecule has 0 aliphatic heterocycles. The third kappa shape index (κ3) is 4.00. The highest BCUT2D eigenvalue weighted by Gasteiger charge is 2.07. The van der Waals surface area contributed by atoms with E-state index in [1.807, 2.05) is 42.1 Å². The molecule has 0 bridgehead atoms.